The van der Waals surface area contributed by atoms with Gasteiger partial charge in [-0.25, -0.2) is 8.42 Å². The van der Waals surface area contributed by atoms with Gasteiger partial charge in [-0.15, -0.1) is 0 Å². The van der Waals surface area contributed by atoms with Gasteiger partial charge in [0.15, 0.2) is 10.7 Å². The largest absolute Gasteiger partial charge is 0.490 e. The molecule has 0 radical (unpaired) electrons. The number of hydrogen-bond acceptors (Lipinski definition) is 9. The van der Waals surface area contributed by atoms with Crippen LogP contribution < -0.4 is 9.46 Å². The van der Waals surface area contributed by atoms with Crippen molar-refractivity contribution in [1.82, 2.24) is 15.0 Å². The number of nitrogens with zero attached hydrogens (tertiary/aromatic N) is 3. The molecule has 12 heteroatoms. The second-order valence-corrected chi connectivity index (χ2v) is 14.1. The molecule has 1 amide bonds. The zero-order valence-electron chi connectivity index (χ0n) is 27.7. The first-order valence-corrected chi connectivity index (χ1v) is 17.4. The molecule has 0 saturated carbocycles. The number of carbonyl (C=O) groups is 1. The van der Waals surface area contributed by atoms with Gasteiger partial charge in [-0.1, -0.05) is 42.4 Å². The number of amides is 1. The van der Waals surface area contributed by atoms with Gasteiger partial charge in [-0.2, -0.15) is 0 Å². The molecule has 0 aliphatic carbocycles. The van der Waals surface area contributed by atoms with E-state index in [0.717, 1.165) is 25.8 Å². The quantitative estimate of drug-likeness (QED) is 0.326. The molecular formula is C34H48N4O7S. The maximum absolute atomic E-state index is 14.4. The van der Waals surface area contributed by atoms with Gasteiger partial charge in [0.25, 0.3) is 15.9 Å². The molecule has 0 unspecified atom stereocenters. The number of benzene rings is 2. The van der Waals surface area contributed by atoms with Crippen LogP contribution in [0.4, 0.5) is 5.69 Å². The third-order valence-electron chi connectivity index (χ3n) is 8.33. The van der Waals surface area contributed by atoms with Crippen LogP contribution in [-0.4, -0.2) is 86.0 Å². The van der Waals surface area contributed by atoms with Crippen molar-refractivity contribution in [3.05, 3.63) is 71.1 Å². The maximum atomic E-state index is 14.4. The predicted molar refractivity (Wildman–Crippen MR) is 176 cm³/mol. The van der Waals surface area contributed by atoms with Crippen LogP contribution >= 0.6 is 0 Å². The zero-order chi connectivity index (χ0) is 33.4. The van der Waals surface area contributed by atoms with Crippen LogP contribution in [0.3, 0.4) is 0 Å². The fourth-order valence-electron chi connectivity index (χ4n) is 5.78. The molecule has 11 nitrogen and oxygen atoms in total. The van der Waals surface area contributed by atoms with Crippen molar-refractivity contribution in [2.24, 2.45) is 5.92 Å². The van der Waals surface area contributed by atoms with Crippen LogP contribution in [0.25, 0.3) is 0 Å². The Balaban J connectivity index is 1.66. The number of fused-ring (bicyclic) bond motifs is 1. The van der Waals surface area contributed by atoms with E-state index in [1.807, 2.05) is 25.1 Å². The summed E-state index contributed by atoms with van der Waals surface area (Å²) < 4.78 is 47.0. The van der Waals surface area contributed by atoms with Crippen molar-refractivity contribution < 1.29 is 32.3 Å². The van der Waals surface area contributed by atoms with Crippen LogP contribution in [0.1, 0.15) is 67.4 Å². The van der Waals surface area contributed by atoms with Crippen molar-refractivity contribution in [3.8, 4) is 5.75 Å². The highest BCUT2D eigenvalue weighted by atomic mass is 32.2. The minimum absolute atomic E-state index is 0.0450. The van der Waals surface area contributed by atoms with Crippen LogP contribution in [0.15, 0.2) is 57.9 Å². The van der Waals surface area contributed by atoms with Crippen molar-refractivity contribution in [2.45, 2.75) is 83.6 Å². The number of aromatic nitrogens is 1. The molecule has 1 aromatic heterocycles. The number of rotatable bonds is 9. The van der Waals surface area contributed by atoms with E-state index in [1.54, 1.807) is 30.9 Å². The van der Waals surface area contributed by atoms with Crippen LogP contribution in [0, 0.1) is 19.8 Å². The maximum Gasteiger partial charge on any atom is 0.267 e. The molecule has 252 valence electrons. The molecule has 0 saturated heterocycles. The Morgan fingerprint density at radius 1 is 1.13 bits per heavy atom. The second kappa shape index (κ2) is 15.9. The number of aliphatic hydroxyl groups is 1. The van der Waals surface area contributed by atoms with Gasteiger partial charge < -0.3 is 24.0 Å². The average molecular weight is 657 g/mol. The lowest BCUT2D eigenvalue weighted by Crippen LogP contribution is -2.47. The molecule has 4 rings (SSSR count). The van der Waals surface area contributed by atoms with Crippen LogP contribution in [-0.2, 0) is 21.3 Å². The number of carbonyl (C=O) groups excluding carboxylic acids is 1. The smallest absolute Gasteiger partial charge is 0.267 e. The normalized spacial score (nSPS) is 20.9. The van der Waals surface area contributed by atoms with E-state index in [-0.39, 0.29) is 58.2 Å². The molecule has 1 aliphatic rings. The monoisotopic (exact) mass is 656 g/mol. The number of sulfonamides is 1. The molecule has 2 aromatic carbocycles. The summed E-state index contributed by atoms with van der Waals surface area (Å²) in [5.74, 6) is 0.0683. The first kappa shape index (κ1) is 35.4. The first-order valence-electron chi connectivity index (χ1n) is 15.9. The van der Waals surface area contributed by atoms with Crippen molar-refractivity contribution >= 4 is 21.6 Å². The van der Waals surface area contributed by atoms with Crippen molar-refractivity contribution in [2.75, 3.05) is 38.1 Å². The number of aryl methyl sites for hydroxylation is 2. The van der Waals surface area contributed by atoms with Gasteiger partial charge in [-0.3, -0.25) is 14.4 Å². The Hall–Kier alpha value is -3.45. The van der Waals surface area contributed by atoms with E-state index in [9.17, 15) is 18.3 Å². The molecule has 4 atom stereocenters. The summed E-state index contributed by atoms with van der Waals surface area (Å²) in [7, 11) is -1.99. The fraction of sp³-hybridized carbons (Fsp3) is 0.529. The third-order valence-corrected chi connectivity index (χ3v) is 9.95. The Kier molecular flexibility index (Phi) is 12.2. The highest BCUT2D eigenvalue weighted by Crippen LogP contribution is 2.30. The number of hydrogen-bond donors (Lipinski definition) is 2. The van der Waals surface area contributed by atoms with Gasteiger partial charge >= 0.3 is 0 Å². The van der Waals surface area contributed by atoms with E-state index >= 15 is 0 Å². The topological polar surface area (TPSA) is 134 Å². The van der Waals surface area contributed by atoms with Crippen molar-refractivity contribution in [3.63, 3.8) is 0 Å². The number of likely N-dealkylation sites (N-methyl/N-ethyl adjacent to an activating group) is 1. The summed E-state index contributed by atoms with van der Waals surface area (Å²) in [6.07, 6.45) is 2.13. The molecular weight excluding hydrogens is 608 g/mol. The highest BCUT2D eigenvalue weighted by Gasteiger charge is 2.31. The second-order valence-electron chi connectivity index (χ2n) is 12.5. The van der Waals surface area contributed by atoms with E-state index in [2.05, 4.69) is 40.9 Å². The SMILES string of the molecule is Cc1noc(C)c1S(=O)(=O)Nc1ccc2c(c1)C(=O)N([C@H](C)CO)C[C@H](C)[C@H](CN(C)Cc1ccccc1)OCCCC[C@H](C)O2. The zero-order valence-corrected chi connectivity index (χ0v) is 28.5. The minimum atomic E-state index is -4.05. The predicted octanol–water partition coefficient (Wildman–Crippen LogP) is 5.02. The fourth-order valence-corrected chi connectivity index (χ4v) is 7.16. The lowest BCUT2D eigenvalue weighted by Gasteiger charge is -2.36. The molecule has 1 aliphatic heterocycles. The molecule has 0 spiro atoms. The Labute approximate surface area is 272 Å². The summed E-state index contributed by atoms with van der Waals surface area (Å²) in [4.78, 5) is 18.2. The van der Waals surface area contributed by atoms with E-state index in [1.165, 1.54) is 18.6 Å². The summed E-state index contributed by atoms with van der Waals surface area (Å²) in [6, 6.07) is 14.4. The standard InChI is InChI=1S/C34H48N4O7S/c1-23-19-38(24(2)22-39)34(40)30-18-29(36-46(41,42)33-26(4)35-45-27(33)5)15-16-31(30)44-25(3)12-10-11-17-43-32(23)21-37(6)20-28-13-8-7-9-14-28/h7-9,13-16,18,23-25,32,36,39H,10-12,17,19-22H2,1-6H3/t23-,24+,25-,32-/m0/s1. The lowest BCUT2D eigenvalue weighted by molar-refractivity contribution is -0.0177. The van der Waals surface area contributed by atoms with E-state index < -0.39 is 16.1 Å². The Bertz CT molecular complexity index is 1530. The number of aliphatic hydroxyl groups excluding tert-OH is 1. The minimum Gasteiger partial charge on any atom is -0.490 e. The highest BCUT2D eigenvalue weighted by molar-refractivity contribution is 7.92. The molecule has 0 fully saturated rings. The first-order chi connectivity index (χ1) is 21.9. The van der Waals surface area contributed by atoms with Crippen LogP contribution in [0.5, 0.6) is 5.75 Å². The third kappa shape index (κ3) is 9.09. The summed E-state index contributed by atoms with van der Waals surface area (Å²) >= 11 is 0. The summed E-state index contributed by atoms with van der Waals surface area (Å²) in [6.45, 7) is 11.0. The summed E-state index contributed by atoms with van der Waals surface area (Å²) in [5, 5.41) is 14.0. The molecule has 2 heterocycles. The van der Waals surface area contributed by atoms with E-state index in [0.29, 0.717) is 25.4 Å². The van der Waals surface area contributed by atoms with Gasteiger partial charge in [0.1, 0.15) is 11.4 Å². The van der Waals surface area contributed by atoms with Gasteiger partial charge in [-0.05, 0) is 77.8 Å². The van der Waals surface area contributed by atoms with Crippen molar-refractivity contribution in [1.29, 1.82) is 0 Å². The van der Waals surface area contributed by atoms with Gasteiger partial charge in [0.05, 0.1) is 30.4 Å². The Morgan fingerprint density at radius 2 is 1.87 bits per heavy atom. The average Bonchev–Trinajstić information content (AvgIpc) is 3.37. The summed E-state index contributed by atoms with van der Waals surface area (Å²) in [5.41, 5.74) is 1.84. The number of ether oxygens (including phenoxy) is 2. The van der Waals surface area contributed by atoms with Crippen LogP contribution in [0.2, 0.25) is 0 Å². The van der Waals surface area contributed by atoms with E-state index in [4.69, 9.17) is 14.0 Å². The molecule has 0 bridgehead atoms. The number of anilines is 1. The lowest BCUT2D eigenvalue weighted by atomic mass is 10.0. The Morgan fingerprint density at radius 3 is 2.54 bits per heavy atom. The molecule has 46 heavy (non-hydrogen) atoms. The molecule has 3 aromatic rings. The van der Waals surface area contributed by atoms with Gasteiger partial charge in [0, 0.05) is 37.8 Å². The molecule has 2 N–H and O–H groups in total. The number of nitrogens with one attached hydrogen (secondary N) is 1. The van der Waals surface area contributed by atoms with Gasteiger partial charge in [0.2, 0.25) is 0 Å².